The Bertz CT molecular complexity index is 739. The van der Waals surface area contributed by atoms with Crippen molar-refractivity contribution in [2.24, 2.45) is 0 Å². The Morgan fingerprint density at radius 3 is 2.81 bits per heavy atom. The van der Waals surface area contributed by atoms with Crippen LogP contribution in [0, 0.1) is 0 Å². The van der Waals surface area contributed by atoms with Gasteiger partial charge in [-0.05, 0) is 42.5 Å². The predicted molar refractivity (Wildman–Crippen MR) is 106 cm³/mol. The van der Waals surface area contributed by atoms with Crippen molar-refractivity contribution in [3.8, 4) is 0 Å². The summed E-state index contributed by atoms with van der Waals surface area (Å²) >= 11 is 1.87. The zero-order valence-electron chi connectivity index (χ0n) is 15.3. The van der Waals surface area contributed by atoms with Crippen molar-refractivity contribution in [3.63, 3.8) is 0 Å². The van der Waals surface area contributed by atoms with Crippen molar-refractivity contribution in [3.05, 3.63) is 46.3 Å². The lowest BCUT2D eigenvalue weighted by Gasteiger charge is -2.37. The van der Waals surface area contributed by atoms with Crippen LogP contribution in [-0.2, 0) is 11.2 Å². The molecule has 0 aliphatic carbocycles. The summed E-state index contributed by atoms with van der Waals surface area (Å²) in [5.41, 5.74) is 1.46. The van der Waals surface area contributed by atoms with Gasteiger partial charge in [0.15, 0.2) is 0 Å². The summed E-state index contributed by atoms with van der Waals surface area (Å²) in [6.07, 6.45) is 3.56. The van der Waals surface area contributed by atoms with E-state index in [1.807, 2.05) is 40.6 Å². The Labute approximate surface area is 159 Å². The van der Waals surface area contributed by atoms with E-state index in [9.17, 15) is 4.79 Å². The van der Waals surface area contributed by atoms with E-state index in [4.69, 9.17) is 0 Å². The minimum absolute atomic E-state index is 0.286. The second-order valence-electron chi connectivity index (χ2n) is 7.07. The molecule has 138 valence electrons. The third-order valence-corrected chi connectivity index (χ3v) is 6.62. The molecule has 0 saturated carbocycles. The van der Waals surface area contributed by atoms with E-state index in [0.717, 1.165) is 51.5 Å². The van der Waals surface area contributed by atoms with Crippen LogP contribution in [0.4, 0.5) is 5.82 Å². The monoisotopic (exact) mass is 370 g/mol. The maximum Gasteiger partial charge on any atom is 0.223 e. The Hall–Kier alpha value is -1.92. The van der Waals surface area contributed by atoms with Crippen molar-refractivity contribution < 1.29 is 4.79 Å². The number of aromatic nitrogens is 1. The van der Waals surface area contributed by atoms with Crippen molar-refractivity contribution in [2.45, 2.75) is 25.8 Å². The van der Waals surface area contributed by atoms with Gasteiger partial charge in [-0.3, -0.25) is 9.69 Å². The number of hydrogen-bond donors (Lipinski definition) is 0. The Balaban J connectivity index is 1.26. The van der Waals surface area contributed by atoms with Gasteiger partial charge in [-0.2, -0.15) is 0 Å². The number of rotatable bonds is 4. The molecule has 1 saturated heterocycles. The van der Waals surface area contributed by atoms with E-state index < -0.39 is 0 Å². The maximum atomic E-state index is 12.7. The van der Waals surface area contributed by atoms with Crippen LogP contribution in [0.1, 0.15) is 29.8 Å². The molecular formula is C20H26N4OS. The molecule has 26 heavy (non-hydrogen) atoms. The zero-order chi connectivity index (χ0) is 17.9. The summed E-state index contributed by atoms with van der Waals surface area (Å²) in [6.45, 7) is 7.49. The number of anilines is 1. The first-order chi connectivity index (χ1) is 12.7. The third kappa shape index (κ3) is 3.62. The molecule has 5 nitrogen and oxygen atoms in total. The Kier molecular flexibility index (Phi) is 5.22. The van der Waals surface area contributed by atoms with Crippen molar-refractivity contribution in [2.75, 3.05) is 44.2 Å². The summed E-state index contributed by atoms with van der Waals surface area (Å²) in [5.74, 6) is 1.29. The number of amides is 1. The van der Waals surface area contributed by atoms with Gasteiger partial charge in [-0.25, -0.2) is 4.98 Å². The number of nitrogens with zero attached hydrogens (tertiary/aromatic N) is 4. The van der Waals surface area contributed by atoms with Crippen LogP contribution in [0.3, 0.4) is 0 Å². The standard InChI is InChI=1S/C20H26N4OS/c1-16-17-7-15-26-18(17)5-9-22(16)10-6-20(25)24-13-11-23(12-14-24)19-4-2-3-8-21-19/h2-4,7-8,15-16H,5-6,9-14H2,1H3/t16-/m0/s1. The summed E-state index contributed by atoms with van der Waals surface area (Å²) in [4.78, 5) is 25.3. The number of pyridine rings is 1. The molecule has 1 fully saturated rings. The third-order valence-electron chi connectivity index (χ3n) is 5.62. The highest BCUT2D eigenvalue weighted by Crippen LogP contribution is 2.32. The normalized spacial score (nSPS) is 20.9. The van der Waals surface area contributed by atoms with E-state index in [0.29, 0.717) is 12.5 Å². The fraction of sp³-hybridized carbons (Fsp3) is 0.500. The molecule has 0 unspecified atom stereocenters. The van der Waals surface area contributed by atoms with Crippen molar-refractivity contribution in [1.82, 2.24) is 14.8 Å². The molecule has 2 aromatic rings. The van der Waals surface area contributed by atoms with E-state index in [1.165, 1.54) is 10.4 Å². The lowest BCUT2D eigenvalue weighted by molar-refractivity contribution is -0.132. The van der Waals surface area contributed by atoms with Crippen LogP contribution in [-0.4, -0.2) is 60.0 Å². The van der Waals surface area contributed by atoms with Gasteiger partial charge in [0.25, 0.3) is 0 Å². The SMILES string of the molecule is C[C@H]1c2ccsc2CCN1CCC(=O)N1CCN(c2ccccn2)CC1. The molecule has 0 radical (unpaired) electrons. The van der Waals surface area contributed by atoms with Crippen molar-refractivity contribution >= 4 is 23.1 Å². The average molecular weight is 371 g/mol. The number of thiophene rings is 1. The number of fused-ring (bicyclic) bond motifs is 1. The van der Waals surface area contributed by atoms with Gasteiger partial charge in [0.05, 0.1) is 0 Å². The van der Waals surface area contributed by atoms with Crippen molar-refractivity contribution in [1.29, 1.82) is 0 Å². The Morgan fingerprint density at radius 2 is 2.04 bits per heavy atom. The molecule has 0 N–H and O–H groups in total. The quantitative estimate of drug-likeness (QED) is 0.830. The van der Waals surface area contributed by atoms with Gasteiger partial charge >= 0.3 is 0 Å². The second kappa shape index (κ2) is 7.76. The van der Waals surface area contributed by atoms with Gasteiger partial charge in [-0.15, -0.1) is 11.3 Å². The first kappa shape index (κ1) is 17.5. The van der Waals surface area contributed by atoms with E-state index in [-0.39, 0.29) is 5.91 Å². The Morgan fingerprint density at radius 1 is 1.19 bits per heavy atom. The molecule has 1 atom stereocenters. The van der Waals surface area contributed by atoms with Crippen LogP contribution < -0.4 is 4.90 Å². The van der Waals surface area contributed by atoms with Gasteiger partial charge in [0.2, 0.25) is 5.91 Å². The number of carbonyl (C=O) groups is 1. The largest absolute Gasteiger partial charge is 0.353 e. The first-order valence-electron chi connectivity index (χ1n) is 9.46. The fourth-order valence-corrected chi connectivity index (χ4v) is 4.95. The lowest BCUT2D eigenvalue weighted by atomic mass is 10.0. The van der Waals surface area contributed by atoms with Crippen LogP contribution in [0.2, 0.25) is 0 Å². The average Bonchev–Trinajstić information content (AvgIpc) is 3.18. The minimum atomic E-state index is 0.286. The highest BCUT2D eigenvalue weighted by atomic mass is 32.1. The maximum absolute atomic E-state index is 12.7. The molecule has 6 heteroatoms. The molecule has 1 amide bonds. The molecule has 0 bridgehead atoms. The van der Waals surface area contributed by atoms with Gasteiger partial charge in [0, 0.05) is 62.8 Å². The van der Waals surface area contributed by atoms with Gasteiger partial charge in [0.1, 0.15) is 5.82 Å². The van der Waals surface area contributed by atoms with Gasteiger partial charge < -0.3 is 9.80 Å². The number of carbonyl (C=O) groups excluding carboxylic acids is 1. The van der Waals surface area contributed by atoms with Crippen LogP contribution in [0.5, 0.6) is 0 Å². The number of piperazine rings is 1. The first-order valence-corrected chi connectivity index (χ1v) is 10.3. The van der Waals surface area contributed by atoms with Gasteiger partial charge in [-0.1, -0.05) is 6.07 Å². The van der Waals surface area contributed by atoms with E-state index in [2.05, 4.69) is 33.2 Å². The molecule has 2 aliphatic rings. The van der Waals surface area contributed by atoms with Crippen LogP contribution in [0.15, 0.2) is 35.8 Å². The smallest absolute Gasteiger partial charge is 0.223 e. The topological polar surface area (TPSA) is 39.7 Å². The summed E-state index contributed by atoms with van der Waals surface area (Å²) in [7, 11) is 0. The fourth-order valence-electron chi connectivity index (χ4n) is 3.99. The highest BCUT2D eigenvalue weighted by molar-refractivity contribution is 7.10. The molecule has 4 rings (SSSR count). The predicted octanol–water partition coefficient (Wildman–Crippen LogP) is 2.80. The summed E-state index contributed by atoms with van der Waals surface area (Å²) in [6, 6.07) is 8.66. The molecule has 2 aliphatic heterocycles. The molecule has 2 aromatic heterocycles. The van der Waals surface area contributed by atoms with E-state index >= 15 is 0 Å². The summed E-state index contributed by atoms with van der Waals surface area (Å²) in [5, 5.41) is 2.19. The molecule has 0 aromatic carbocycles. The number of hydrogen-bond acceptors (Lipinski definition) is 5. The summed E-state index contributed by atoms with van der Waals surface area (Å²) < 4.78 is 0. The molecule has 4 heterocycles. The molecule has 0 spiro atoms. The van der Waals surface area contributed by atoms with Crippen LogP contribution >= 0.6 is 11.3 Å². The minimum Gasteiger partial charge on any atom is -0.353 e. The van der Waals surface area contributed by atoms with E-state index in [1.54, 1.807) is 0 Å². The lowest BCUT2D eigenvalue weighted by Crippen LogP contribution is -2.49. The molecular weight excluding hydrogens is 344 g/mol. The second-order valence-corrected chi connectivity index (χ2v) is 8.07. The zero-order valence-corrected chi connectivity index (χ0v) is 16.1. The highest BCUT2D eigenvalue weighted by Gasteiger charge is 2.26. The van der Waals surface area contributed by atoms with Crippen LogP contribution in [0.25, 0.3) is 0 Å².